The van der Waals surface area contributed by atoms with Gasteiger partial charge < -0.3 is 4.42 Å². The van der Waals surface area contributed by atoms with Crippen LogP contribution in [0.5, 0.6) is 0 Å². The lowest BCUT2D eigenvalue weighted by Crippen LogP contribution is -2.34. The standard InChI is InChI=1S/C21H17FN2OS2/c22-15-5-3-14(4-6-15)17-12-23-20(25-17)13-24-9-7-18-16(8-11-27-18)21(24)19-2-1-10-26-19/h1-6,8,10-12,21H,7,9,13H2. The van der Waals surface area contributed by atoms with E-state index in [4.69, 9.17) is 4.42 Å². The Morgan fingerprint density at radius 1 is 1.11 bits per heavy atom. The lowest BCUT2D eigenvalue weighted by molar-refractivity contribution is 0.190. The Bertz CT molecular complexity index is 1040. The number of hydrogen-bond acceptors (Lipinski definition) is 5. The molecule has 0 fully saturated rings. The van der Waals surface area contributed by atoms with Crippen LogP contribution in [0.4, 0.5) is 4.39 Å². The van der Waals surface area contributed by atoms with Crippen LogP contribution in [0.1, 0.15) is 27.3 Å². The molecule has 0 aliphatic carbocycles. The number of hydrogen-bond donors (Lipinski definition) is 0. The van der Waals surface area contributed by atoms with E-state index in [1.165, 1.54) is 27.5 Å². The number of fused-ring (bicyclic) bond motifs is 1. The minimum atomic E-state index is -0.253. The fourth-order valence-electron chi connectivity index (χ4n) is 3.62. The summed E-state index contributed by atoms with van der Waals surface area (Å²) in [4.78, 5) is 9.73. The molecule has 0 N–H and O–H groups in total. The smallest absolute Gasteiger partial charge is 0.209 e. The summed E-state index contributed by atoms with van der Waals surface area (Å²) in [5, 5.41) is 4.32. The molecule has 1 unspecified atom stereocenters. The lowest BCUT2D eigenvalue weighted by atomic mass is 9.98. The Morgan fingerprint density at radius 3 is 2.81 bits per heavy atom. The van der Waals surface area contributed by atoms with Crippen LogP contribution in [0.15, 0.2) is 63.8 Å². The maximum atomic E-state index is 13.1. The van der Waals surface area contributed by atoms with Crippen LogP contribution in [0.25, 0.3) is 11.3 Å². The van der Waals surface area contributed by atoms with Gasteiger partial charge in [0.05, 0.1) is 18.8 Å². The molecule has 0 radical (unpaired) electrons. The number of thiophene rings is 2. The second-order valence-corrected chi connectivity index (χ2v) is 8.54. The van der Waals surface area contributed by atoms with Crippen molar-refractivity contribution in [3.05, 3.63) is 86.4 Å². The molecule has 1 aromatic carbocycles. The number of halogens is 1. The molecule has 136 valence electrons. The first-order valence-corrected chi connectivity index (χ1v) is 10.6. The van der Waals surface area contributed by atoms with E-state index in [1.807, 2.05) is 11.3 Å². The molecule has 4 aromatic rings. The van der Waals surface area contributed by atoms with Gasteiger partial charge in [0.15, 0.2) is 5.76 Å². The summed E-state index contributed by atoms with van der Waals surface area (Å²) in [5.74, 6) is 1.11. The highest BCUT2D eigenvalue weighted by atomic mass is 32.1. The fraction of sp³-hybridized carbons (Fsp3) is 0.190. The van der Waals surface area contributed by atoms with E-state index in [0.29, 0.717) is 18.2 Å². The first-order valence-electron chi connectivity index (χ1n) is 8.82. The van der Waals surface area contributed by atoms with Crippen molar-refractivity contribution in [2.24, 2.45) is 0 Å². The average Bonchev–Trinajstić information content (AvgIpc) is 3.44. The molecule has 3 nitrogen and oxygen atoms in total. The predicted molar refractivity (Wildman–Crippen MR) is 106 cm³/mol. The minimum absolute atomic E-state index is 0.251. The van der Waals surface area contributed by atoms with Gasteiger partial charge in [-0.1, -0.05) is 6.07 Å². The summed E-state index contributed by atoms with van der Waals surface area (Å²) < 4.78 is 19.1. The van der Waals surface area contributed by atoms with Crippen LogP contribution in [0, 0.1) is 5.82 Å². The molecule has 27 heavy (non-hydrogen) atoms. The van der Waals surface area contributed by atoms with Gasteiger partial charge in [-0.2, -0.15) is 0 Å². The van der Waals surface area contributed by atoms with E-state index in [0.717, 1.165) is 18.5 Å². The van der Waals surface area contributed by atoms with E-state index >= 15 is 0 Å². The van der Waals surface area contributed by atoms with Gasteiger partial charge in [0.1, 0.15) is 5.82 Å². The molecule has 4 heterocycles. The van der Waals surface area contributed by atoms with Crippen molar-refractivity contribution in [2.75, 3.05) is 6.54 Å². The lowest BCUT2D eigenvalue weighted by Gasteiger charge is -2.34. The van der Waals surface area contributed by atoms with Gasteiger partial charge in [-0.15, -0.1) is 22.7 Å². The van der Waals surface area contributed by atoms with Crippen molar-refractivity contribution < 1.29 is 8.81 Å². The number of aromatic nitrogens is 1. The molecule has 6 heteroatoms. The summed E-state index contributed by atoms with van der Waals surface area (Å²) in [6, 6.07) is 13.1. The molecule has 0 spiro atoms. The van der Waals surface area contributed by atoms with Crippen molar-refractivity contribution in [3.8, 4) is 11.3 Å². The van der Waals surface area contributed by atoms with Crippen molar-refractivity contribution in [3.63, 3.8) is 0 Å². The van der Waals surface area contributed by atoms with Gasteiger partial charge in [0, 0.05) is 21.9 Å². The van der Waals surface area contributed by atoms with Gasteiger partial charge >= 0.3 is 0 Å². The molecular formula is C21H17FN2OS2. The second-order valence-electron chi connectivity index (χ2n) is 6.56. The maximum Gasteiger partial charge on any atom is 0.209 e. The summed E-state index contributed by atoms with van der Waals surface area (Å²) >= 11 is 3.64. The monoisotopic (exact) mass is 396 g/mol. The Hall–Kier alpha value is -2.28. The van der Waals surface area contributed by atoms with Gasteiger partial charge in [-0.05, 0) is 59.1 Å². The van der Waals surface area contributed by atoms with E-state index < -0.39 is 0 Å². The third kappa shape index (κ3) is 3.25. The zero-order valence-corrected chi connectivity index (χ0v) is 16.1. The van der Waals surface area contributed by atoms with E-state index in [1.54, 1.807) is 29.7 Å². The highest BCUT2D eigenvalue weighted by Crippen LogP contribution is 2.40. The quantitative estimate of drug-likeness (QED) is 0.440. The van der Waals surface area contributed by atoms with Crippen molar-refractivity contribution in [1.82, 2.24) is 9.88 Å². The third-order valence-electron chi connectivity index (χ3n) is 4.90. The van der Waals surface area contributed by atoms with Gasteiger partial charge in [0.2, 0.25) is 5.89 Å². The highest BCUT2D eigenvalue weighted by Gasteiger charge is 2.31. The van der Waals surface area contributed by atoms with Crippen molar-refractivity contribution in [1.29, 1.82) is 0 Å². The minimum Gasteiger partial charge on any atom is -0.439 e. The SMILES string of the molecule is Fc1ccc(-c2cnc(CN3CCc4sccc4C3c3cccs3)o2)cc1. The first-order chi connectivity index (χ1) is 13.3. The number of rotatable bonds is 4. The maximum absolute atomic E-state index is 13.1. The summed E-state index contributed by atoms with van der Waals surface area (Å²) in [6.45, 7) is 1.63. The predicted octanol–water partition coefficient (Wildman–Crippen LogP) is 5.75. The molecule has 1 aliphatic heterocycles. The van der Waals surface area contributed by atoms with Crippen LogP contribution < -0.4 is 0 Å². The average molecular weight is 397 g/mol. The molecule has 0 saturated carbocycles. The Morgan fingerprint density at radius 2 is 2.00 bits per heavy atom. The van der Waals surface area contributed by atoms with Gasteiger partial charge in [0.25, 0.3) is 0 Å². The fourth-order valence-corrected chi connectivity index (χ4v) is 5.40. The Kier molecular flexibility index (Phi) is 4.39. The normalized spacial score (nSPS) is 17.1. The van der Waals surface area contributed by atoms with Crippen LogP contribution in [0.2, 0.25) is 0 Å². The first kappa shape index (κ1) is 16.9. The number of oxazole rings is 1. The van der Waals surface area contributed by atoms with Gasteiger partial charge in [-0.25, -0.2) is 9.37 Å². The summed E-state index contributed by atoms with van der Waals surface area (Å²) in [7, 11) is 0. The van der Waals surface area contributed by atoms with Crippen LogP contribution in [-0.2, 0) is 13.0 Å². The highest BCUT2D eigenvalue weighted by molar-refractivity contribution is 7.10. The van der Waals surface area contributed by atoms with E-state index in [9.17, 15) is 4.39 Å². The van der Waals surface area contributed by atoms with E-state index in [-0.39, 0.29) is 11.9 Å². The molecule has 3 aromatic heterocycles. The molecule has 0 bridgehead atoms. The molecule has 5 rings (SSSR count). The van der Waals surface area contributed by atoms with Crippen LogP contribution in [0.3, 0.4) is 0 Å². The Balaban J connectivity index is 1.42. The van der Waals surface area contributed by atoms with E-state index in [2.05, 4.69) is 38.8 Å². The number of nitrogens with zero attached hydrogens (tertiary/aromatic N) is 2. The third-order valence-corrected chi connectivity index (χ3v) is 6.82. The summed E-state index contributed by atoms with van der Waals surface area (Å²) in [5.41, 5.74) is 2.24. The number of benzene rings is 1. The molecule has 0 saturated heterocycles. The van der Waals surface area contributed by atoms with Gasteiger partial charge in [-0.3, -0.25) is 4.90 Å². The van der Waals surface area contributed by atoms with Crippen molar-refractivity contribution in [2.45, 2.75) is 19.0 Å². The zero-order valence-electron chi connectivity index (χ0n) is 14.5. The van der Waals surface area contributed by atoms with Crippen LogP contribution >= 0.6 is 22.7 Å². The van der Waals surface area contributed by atoms with Crippen molar-refractivity contribution >= 4 is 22.7 Å². The molecular weight excluding hydrogens is 379 g/mol. The van der Waals surface area contributed by atoms with Crippen LogP contribution in [-0.4, -0.2) is 16.4 Å². The largest absolute Gasteiger partial charge is 0.439 e. The topological polar surface area (TPSA) is 29.3 Å². The molecule has 1 aliphatic rings. The Labute approximate surface area is 164 Å². The molecule has 0 amide bonds. The zero-order chi connectivity index (χ0) is 18.2. The second kappa shape index (κ2) is 7.03. The molecule has 1 atom stereocenters. The summed E-state index contributed by atoms with van der Waals surface area (Å²) in [6.07, 6.45) is 2.78.